The van der Waals surface area contributed by atoms with Gasteiger partial charge < -0.3 is 19.3 Å². The van der Waals surface area contributed by atoms with Crippen LogP contribution in [0.1, 0.15) is 34.3 Å². The maximum atomic E-state index is 13.4. The number of para-hydroxylation sites is 1. The van der Waals surface area contributed by atoms with Gasteiger partial charge in [0.25, 0.3) is 5.91 Å². The zero-order valence-corrected chi connectivity index (χ0v) is 18.7. The summed E-state index contributed by atoms with van der Waals surface area (Å²) in [6, 6.07) is 14.2. The highest BCUT2D eigenvalue weighted by Gasteiger charge is 2.54. The second-order valence-electron chi connectivity index (χ2n) is 8.75. The lowest BCUT2D eigenvalue weighted by atomic mass is 9.80. The maximum Gasteiger partial charge on any atom is 0.255 e. The lowest BCUT2D eigenvalue weighted by Gasteiger charge is -2.34. The van der Waals surface area contributed by atoms with Gasteiger partial charge in [0.2, 0.25) is 5.95 Å². The summed E-state index contributed by atoms with van der Waals surface area (Å²) in [5.41, 5.74) is 4.32. The van der Waals surface area contributed by atoms with Gasteiger partial charge in [0.1, 0.15) is 5.75 Å². The van der Waals surface area contributed by atoms with Crippen LogP contribution in [-0.2, 0) is 10.3 Å². The van der Waals surface area contributed by atoms with E-state index in [0.717, 1.165) is 72.0 Å². The lowest BCUT2D eigenvalue weighted by molar-refractivity contribution is 0.0709. The molecule has 0 N–H and O–H groups in total. The Hall–Kier alpha value is -3.45. The summed E-state index contributed by atoms with van der Waals surface area (Å²) in [5.74, 6) is 1.64. The van der Waals surface area contributed by atoms with E-state index in [-0.39, 0.29) is 5.91 Å². The predicted octanol–water partition coefficient (Wildman–Crippen LogP) is 3.48. The first-order valence-electron chi connectivity index (χ1n) is 11.5. The van der Waals surface area contributed by atoms with Crippen LogP contribution in [0.2, 0.25) is 0 Å². The number of hydrogen-bond donors (Lipinski definition) is 0. The number of rotatable bonds is 4. The Bertz CT molecular complexity index is 1210. The topological polar surface area (TPSA) is 67.8 Å². The number of methoxy groups -OCH3 is 1. The number of morpholine rings is 1. The Morgan fingerprint density at radius 3 is 2.55 bits per heavy atom. The maximum absolute atomic E-state index is 13.4. The summed E-state index contributed by atoms with van der Waals surface area (Å²) < 4.78 is 11.1. The van der Waals surface area contributed by atoms with Gasteiger partial charge in [-0.2, -0.15) is 0 Å². The van der Waals surface area contributed by atoms with E-state index >= 15 is 0 Å². The molecular weight excluding hydrogens is 416 g/mol. The summed E-state index contributed by atoms with van der Waals surface area (Å²) >= 11 is 0. The lowest BCUT2D eigenvalue weighted by Crippen LogP contribution is -2.39. The van der Waals surface area contributed by atoms with E-state index in [9.17, 15) is 4.79 Å². The molecule has 3 aromatic rings. The molecule has 2 saturated heterocycles. The minimum Gasteiger partial charge on any atom is -0.496 e. The second kappa shape index (κ2) is 7.85. The summed E-state index contributed by atoms with van der Waals surface area (Å²) in [6.07, 6.45) is 5.59. The summed E-state index contributed by atoms with van der Waals surface area (Å²) in [7, 11) is 1.69. The molecule has 2 fully saturated rings. The molecule has 6 rings (SSSR count). The second-order valence-corrected chi connectivity index (χ2v) is 8.75. The van der Waals surface area contributed by atoms with Crippen molar-refractivity contribution in [3.63, 3.8) is 0 Å². The van der Waals surface area contributed by atoms with Gasteiger partial charge in [0, 0.05) is 48.7 Å². The van der Waals surface area contributed by atoms with Crippen molar-refractivity contribution in [2.75, 3.05) is 44.9 Å². The molecule has 7 heteroatoms. The molecule has 3 aliphatic rings. The van der Waals surface area contributed by atoms with Gasteiger partial charge in [0.05, 0.1) is 25.9 Å². The number of fused-ring (bicyclic) bond motifs is 3. The van der Waals surface area contributed by atoms with Crippen LogP contribution in [0.4, 0.5) is 5.95 Å². The third-order valence-corrected chi connectivity index (χ3v) is 7.14. The average Bonchev–Trinajstić information content (AvgIpc) is 3.43. The van der Waals surface area contributed by atoms with E-state index in [1.807, 2.05) is 47.6 Å². The molecule has 168 valence electrons. The molecule has 1 amide bonds. The van der Waals surface area contributed by atoms with Crippen LogP contribution in [-0.4, -0.2) is 60.7 Å². The fraction of sp³-hybridized carbons (Fsp3) is 0.346. The normalized spacial score (nSPS) is 21.8. The Labute approximate surface area is 193 Å². The van der Waals surface area contributed by atoms with Crippen molar-refractivity contribution >= 4 is 11.9 Å². The Morgan fingerprint density at radius 1 is 0.970 bits per heavy atom. The fourth-order valence-electron chi connectivity index (χ4n) is 5.58. The van der Waals surface area contributed by atoms with Crippen molar-refractivity contribution in [2.24, 2.45) is 0 Å². The molecule has 3 aliphatic heterocycles. The summed E-state index contributed by atoms with van der Waals surface area (Å²) in [5, 5.41) is 0. The smallest absolute Gasteiger partial charge is 0.255 e. The summed E-state index contributed by atoms with van der Waals surface area (Å²) in [6.45, 7) is 3.75. The molecule has 0 spiro atoms. The van der Waals surface area contributed by atoms with E-state index in [0.29, 0.717) is 13.2 Å². The first-order chi connectivity index (χ1) is 16.2. The number of aromatic nitrogens is 2. The van der Waals surface area contributed by atoms with Crippen LogP contribution in [0, 0.1) is 0 Å². The molecule has 0 bridgehead atoms. The number of ether oxygens (including phenoxy) is 2. The molecule has 2 aromatic carbocycles. The molecule has 0 saturated carbocycles. The third-order valence-electron chi connectivity index (χ3n) is 7.14. The van der Waals surface area contributed by atoms with Crippen molar-refractivity contribution in [1.82, 2.24) is 14.9 Å². The van der Waals surface area contributed by atoms with E-state index in [1.54, 1.807) is 7.11 Å². The molecule has 1 aromatic heterocycles. The van der Waals surface area contributed by atoms with Gasteiger partial charge in [-0.05, 0) is 42.2 Å². The Morgan fingerprint density at radius 2 is 1.76 bits per heavy atom. The summed E-state index contributed by atoms with van der Waals surface area (Å²) in [4.78, 5) is 26.8. The average molecular weight is 443 g/mol. The SMILES string of the molecule is COc1ccccc1C12CCCN1C(=O)c1ccc(-c3cnc(N4CCOCC4)nc3)cc12. The highest BCUT2D eigenvalue weighted by molar-refractivity contribution is 6.02. The molecule has 0 radical (unpaired) electrons. The molecule has 1 unspecified atom stereocenters. The number of nitrogens with zero attached hydrogens (tertiary/aromatic N) is 4. The van der Waals surface area contributed by atoms with E-state index in [4.69, 9.17) is 9.47 Å². The molecule has 0 aliphatic carbocycles. The van der Waals surface area contributed by atoms with Crippen LogP contribution in [0.3, 0.4) is 0 Å². The monoisotopic (exact) mass is 442 g/mol. The number of hydrogen-bond acceptors (Lipinski definition) is 6. The first kappa shape index (κ1) is 20.2. The number of amides is 1. The quantitative estimate of drug-likeness (QED) is 0.616. The fourth-order valence-corrected chi connectivity index (χ4v) is 5.58. The minimum absolute atomic E-state index is 0.0962. The highest BCUT2D eigenvalue weighted by atomic mass is 16.5. The zero-order valence-electron chi connectivity index (χ0n) is 18.7. The Balaban J connectivity index is 1.43. The van der Waals surface area contributed by atoms with Crippen molar-refractivity contribution in [3.05, 3.63) is 71.5 Å². The molecule has 4 heterocycles. The largest absolute Gasteiger partial charge is 0.496 e. The van der Waals surface area contributed by atoms with Crippen molar-refractivity contribution < 1.29 is 14.3 Å². The highest BCUT2D eigenvalue weighted by Crippen LogP contribution is 2.53. The number of anilines is 1. The van der Waals surface area contributed by atoms with E-state index < -0.39 is 5.54 Å². The van der Waals surface area contributed by atoms with Gasteiger partial charge in [-0.3, -0.25) is 4.79 Å². The Kier molecular flexibility index (Phi) is 4.80. The van der Waals surface area contributed by atoms with Crippen molar-refractivity contribution in [3.8, 4) is 16.9 Å². The van der Waals surface area contributed by atoms with Gasteiger partial charge in [-0.15, -0.1) is 0 Å². The molecular formula is C26H26N4O3. The van der Waals surface area contributed by atoms with Crippen LogP contribution in [0.15, 0.2) is 54.9 Å². The van der Waals surface area contributed by atoms with Gasteiger partial charge in [-0.25, -0.2) is 9.97 Å². The van der Waals surface area contributed by atoms with Crippen LogP contribution >= 0.6 is 0 Å². The predicted molar refractivity (Wildman–Crippen MR) is 125 cm³/mol. The zero-order chi connectivity index (χ0) is 22.4. The third kappa shape index (κ3) is 3.03. The first-order valence-corrected chi connectivity index (χ1v) is 11.5. The van der Waals surface area contributed by atoms with Crippen LogP contribution in [0.25, 0.3) is 11.1 Å². The van der Waals surface area contributed by atoms with Crippen LogP contribution < -0.4 is 9.64 Å². The van der Waals surface area contributed by atoms with E-state index in [1.165, 1.54) is 0 Å². The minimum atomic E-state index is -0.496. The van der Waals surface area contributed by atoms with Crippen molar-refractivity contribution in [1.29, 1.82) is 0 Å². The van der Waals surface area contributed by atoms with Crippen LogP contribution in [0.5, 0.6) is 5.75 Å². The molecule has 7 nitrogen and oxygen atoms in total. The van der Waals surface area contributed by atoms with Crippen molar-refractivity contribution in [2.45, 2.75) is 18.4 Å². The van der Waals surface area contributed by atoms with Gasteiger partial charge in [-0.1, -0.05) is 24.3 Å². The van der Waals surface area contributed by atoms with Gasteiger partial charge >= 0.3 is 0 Å². The van der Waals surface area contributed by atoms with Gasteiger partial charge in [0.15, 0.2) is 0 Å². The number of carbonyl (C=O) groups excluding carboxylic acids is 1. The molecule has 33 heavy (non-hydrogen) atoms. The standard InChI is InChI=1S/C26H26N4O3/c1-32-23-6-3-2-5-21(23)26-9-4-10-30(26)24(31)20-8-7-18(15-22(20)26)19-16-27-25(28-17-19)29-11-13-33-14-12-29/h2-3,5-8,15-17H,4,9-14H2,1H3. The number of carbonyl (C=O) groups is 1. The number of benzene rings is 2. The van der Waals surface area contributed by atoms with E-state index in [2.05, 4.69) is 27.0 Å². The molecule has 1 atom stereocenters.